The second-order valence-corrected chi connectivity index (χ2v) is 12.6. The first kappa shape index (κ1) is 30.0. The largest absolute Gasteiger partial charge is 0.430 e. The van der Waals surface area contributed by atoms with Crippen LogP contribution in [0.15, 0.2) is 71.9 Å². The molecule has 14 heteroatoms. The van der Waals surface area contributed by atoms with Crippen molar-refractivity contribution >= 4 is 15.7 Å². The van der Waals surface area contributed by atoms with Gasteiger partial charge in [0, 0.05) is 30.4 Å². The Morgan fingerprint density at radius 2 is 1.60 bits per heavy atom. The van der Waals surface area contributed by atoms with Gasteiger partial charge in [-0.15, -0.1) is 0 Å². The number of pyridine rings is 1. The molecule has 2 aliphatic rings. The van der Waals surface area contributed by atoms with Crippen molar-refractivity contribution in [1.29, 1.82) is 0 Å². The van der Waals surface area contributed by atoms with Crippen LogP contribution in [0.3, 0.4) is 0 Å². The van der Waals surface area contributed by atoms with Crippen molar-refractivity contribution in [3.8, 4) is 0 Å². The number of aryl methyl sites for hydroxylation is 1. The highest BCUT2D eigenvalue weighted by Crippen LogP contribution is 2.69. The van der Waals surface area contributed by atoms with Crippen LogP contribution in [0.4, 0.5) is 30.7 Å². The number of fused-ring (bicyclic) bond motifs is 3. The fourth-order valence-electron chi connectivity index (χ4n) is 6.15. The normalized spacial score (nSPS) is 22.2. The van der Waals surface area contributed by atoms with E-state index in [1.54, 1.807) is 12.1 Å². The molecule has 1 aromatic heterocycles. The SMILES string of the molecule is O=C(Cc1ccncc1)NCC1C2CCc3cc(C(O)(C(F)(F)F)C(F)(F)F)ccc3C21S(=O)(=O)c1ccc(F)cc1. The highest BCUT2D eigenvalue weighted by Gasteiger charge is 2.75. The molecule has 0 radical (unpaired) electrons. The van der Waals surface area contributed by atoms with Crippen molar-refractivity contribution in [3.63, 3.8) is 0 Å². The molecule has 0 aliphatic heterocycles. The number of hydrogen-bond acceptors (Lipinski definition) is 5. The average molecular weight is 617 g/mol. The Bertz CT molecular complexity index is 1600. The Morgan fingerprint density at radius 3 is 2.19 bits per heavy atom. The van der Waals surface area contributed by atoms with Gasteiger partial charge in [-0.3, -0.25) is 9.78 Å². The van der Waals surface area contributed by atoms with Gasteiger partial charge in [0.05, 0.1) is 11.3 Å². The Morgan fingerprint density at radius 1 is 0.976 bits per heavy atom. The van der Waals surface area contributed by atoms with Crippen LogP contribution in [-0.4, -0.2) is 43.3 Å². The fraction of sp³-hybridized carbons (Fsp3) is 0.357. The van der Waals surface area contributed by atoms with Gasteiger partial charge < -0.3 is 10.4 Å². The summed E-state index contributed by atoms with van der Waals surface area (Å²) in [5.41, 5.74) is -6.15. The number of amides is 1. The van der Waals surface area contributed by atoms with Crippen molar-refractivity contribution in [1.82, 2.24) is 10.3 Å². The van der Waals surface area contributed by atoms with Crippen molar-refractivity contribution < 1.29 is 49.1 Å². The lowest BCUT2D eigenvalue weighted by Gasteiger charge is -2.34. The molecular weight excluding hydrogens is 593 g/mol. The lowest BCUT2D eigenvalue weighted by atomic mass is 9.84. The van der Waals surface area contributed by atoms with E-state index >= 15 is 0 Å². The second kappa shape index (κ2) is 10.0. The number of carbonyl (C=O) groups is 1. The summed E-state index contributed by atoms with van der Waals surface area (Å²) in [6.45, 7) is -0.148. The molecule has 2 aromatic carbocycles. The number of halogens is 7. The molecule has 0 spiro atoms. The minimum Gasteiger partial charge on any atom is -0.369 e. The van der Waals surface area contributed by atoms with Crippen LogP contribution in [0, 0.1) is 17.7 Å². The first-order valence-corrected chi connectivity index (χ1v) is 14.2. The molecule has 6 nitrogen and oxygen atoms in total. The van der Waals surface area contributed by atoms with Crippen LogP contribution in [0.2, 0.25) is 0 Å². The number of aromatic nitrogens is 1. The van der Waals surface area contributed by atoms with Crippen molar-refractivity contribution in [3.05, 3.63) is 95.1 Å². The summed E-state index contributed by atoms with van der Waals surface area (Å²) in [6, 6.07) is 9.00. The van der Waals surface area contributed by atoms with E-state index in [1.165, 1.54) is 12.4 Å². The summed E-state index contributed by atoms with van der Waals surface area (Å²) in [5, 5.41) is 12.6. The summed E-state index contributed by atoms with van der Waals surface area (Å²) in [7, 11) is -4.41. The van der Waals surface area contributed by atoms with E-state index in [0.29, 0.717) is 17.7 Å². The maximum atomic E-state index is 14.1. The summed E-state index contributed by atoms with van der Waals surface area (Å²) in [5.74, 6) is -2.58. The maximum Gasteiger partial charge on any atom is 0.430 e. The Labute approximate surface area is 235 Å². The molecule has 3 unspecified atom stereocenters. The van der Waals surface area contributed by atoms with Crippen LogP contribution in [-0.2, 0) is 37.8 Å². The quantitative estimate of drug-likeness (QED) is 0.295. The zero-order valence-electron chi connectivity index (χ0n) is 21.5. The lowest BCUT2D eigenvalue weighted by Crippen LogP contribution is -2.54. The monoisotopic (exact) mass is 616 g/mol. The van der Waals surface area contributed by atoms with Gasteiger partial charge >= 0.3 is 12.4 Å². The van der Waals surface area contributed by atoms with Crippen molar-refractivity contribution in [2.75, 3.05) is 6.54 Å². The molecular formula is C28H23F7N2O4S. The summed E-state index contributed by atoms with van der Waals surface area (Å²) < 4.78 is 122. The van der Waals surface area contributed by atoms with Crippen LogP contribution in [0.1, 0.15) is 28.7 Å². The molecule has 1 fully saturated rings. The van der Waals surface area contributed by atoms with Gasteiger partial charge in [0.15, 0.2) is 9.84 Å². The highest BCUT2D eigenvalue weighted by molar-refractivity contribution is 7.92. The third-order valence-corrected chi connectivity index (χ3v) is 10.8. The molecule has 3 atom stereocenters. The predicted molar refractivity (Wildman–Crippen MR) is 134 cm³/mol. The van der Waals surface area contributed by atoms with E-state index in [2.05, 4.69) is 10.3 Å². The molecule has 3 aromatic rings. The molecule has 1 saturated carbocycles. The Hall–Kier alpha value is -3.52. The molecule has 42 heavy (non-hydrogen) atoms. The number of nitrogens with zero attached hydrogens (tertiary/aromatic N) is 1. The van der Waals surface area contributed by atoms with Crippen LogP contribution in [0.5, 0.6) is 0 Å². The van der Waals surface area contributed by atoms with E-state index < -0.39 is 61.7 Å². The standard InChI is InChI=1S/C28H23F7N2O4S/c29-19-3-5-20(6-4-19)42(40,41)25-21-8-2-18(26(39,27(30,31)32)28(33,34)35)14-17(21)1-7-22(25)23(25)15-37-24(38)13-16-9-11-36-12-10-16/h2-6,8-12,14,22-23,39H,1,7,13,15H2,(H,37,38). The van der Waals surface area contributed by atoms with Crippen molar-refractivity contribution in [2.45, 2.75) is 46.9 Å². The minimum atomic E-state index is -6.12. The fourth-order valence-corrected chi connectivity index (χ4v) is 8.78. The molecule has 0 saturated heterocycles. The summed E-state index contributed by atoms with van der Waals surface area (Å²) in [4.78, 5) is 16.2. The smallest absolute Gasteiger partial charge is 0.369 e. The molecule has 2 aliphatic carbocycles. The molecule has 1 amide bonds. The Kier molecular flexibility index (Phi) is 7.16. The molecule has 5 rings (SSSR count). The van der Waals surface area contributed by atoms with Gasteiger partial charge in [-0.25, -0.2) is 12.8 Å². The number of carbonyl (C=O) groups excluding carboxylic acids is 1. The zero-order valence-corrected chi connectivity index (χ0v) is 22.3. The van der Waals surface area contributed by atoms with E-state index in [-0.39, 0.29) is 41.8 Å². The number of aliphatic hydroxyl groups is 1. The number of rotatable bonds is 7. The van der Waals surface area contributed by atoms with E-state index in [4.69, 9.17) is 0 Å². The van der Waals surface area contributed by atoms with Gasteiger partial charge in [0.25, 0.3) is 5.60 Å². The van der Waals surface area contributed by atoms with Gasteiger partial charge in [-0.2, -0.15) is 26.3 Å². The van der Waals surface area contributed by atoms with Crippen LogP contribution >= 0.6 is 0 Å². The van der Waals surface area contributed by atoms with Crippen molar-refractivity contribution in [2.24, 2.45) is 11.8 Å². The molecule has 0 bridgehead atoms. The van der Waals surface area contributed by atoms with Gasteiger partial charge in [-0.1, -0.05) is 18.2 Å². The van der Waals surface area contributed by atoms with E-state index in [9.17, 15) is 49.1 Å². The van der Waals surface area contributed by atoms with Crippen LogP contribution < -0.4 is 5.32 Å². The van der Waals surface area contributed by atoms with Gasteiger partial charge in [-0.05, 0) is 71.8 Å². The molecule has 2 N–H and O–H groups in total. The van der Waals surface area contributed by atoms with Gasteiger partial charge in [0.2, 0.25) is 5.91 Å². The number of alkyl halides is 6. The molecule has 224 valence electrons. The maximum absolute atomic E-state index is 14.1. The average Bonchev–Trinajstić information content (AvgIpc) is 3.60. The van der Waals surface area contributed by atoms with E-state index in [1.807, 2.05) is 0 Å². The predicted octanol–water partition coefficient (Wildman–Crippen LogP) is 4.75. The minimum absolute atomic E-state index is 0.0214. The first-order valence-electron chi connectivity index (χ1n) is 12.7. The highest BCUT2D eigenvalue weighted by atomic mass is 32.2. The lowest BCUT2D eigenvalue weighted by molar-refractivity contribution is -0.376. The second-order valence-electron chi connectivity index (χ2n) is 10.4. The summed E-state index contributed by atoms with van der Waals surface area (Å²) in [6.07, 6.45) is -9.28. The number of hydrogen-bond donors (Lipinski definition) is 2. The van der Waals surface area contributed by atoms with Crippen LogP contribution in [0.25, 0.3) is 0 Å². The third-order valence-electron chi connectivity index (χ3n) is 8.17. The zero-order chi connectivity index (χ0) is 30.7. The van der Waals surface area contributed by atoms with E-state index in [0.717, 1.165) is 30.3 Å². The first-order chi connectivity index (χ1) is 19.5. The number of nitrogens with one attached hydrogen (secondary N) is 1. The number of sulfone groups is 1. The summed E-state index contributed by atoms with van der Waals surface area (Å²) >= 11 is 0. The third kappa shape index (κ3) is 4.55. The Balaban J connectivity index is 1.56. The topological polar surface area (TPSA) is 96.4 Å². The molecule has 1 heterocycles. The number of benzene rings is 2. The van der Waals surface area contributed by atoms with Gasteiger partial charge in [0.1, 0.15) is 10.6 Å².